The molecule has 2 aliphatic heterocycles. The molecule has 7 atom stereocenters. The average Bonchev–Trinajstić information content (AvgIpc) is 3.33. The largest absolute Gasteiger partial charge is 0.481 e. The van der Waals surface area contributed by atoms with Gasteiger partial charge in [-0.15, -0.1) is 0 Å². The van der Waals surface area contributed by atoms with Gasteiger partial charge in [0.2, 0.25) is 35.4 Å². The van der Waals surface area contributed by atoms with E-state index in [2.05, 4.69) is 26.6 Å². The lowest BCUT2D eigenvalue weighted by atomic mass is 10.0. The number of aliphatic hydroxyl groups excluding tert-OH is 1. The molecule has 39 heavy (non-hydrogen) atoms. The first-order valence-corrected chi connectivity index (χ1v) is 12.9. The van der Waals surface area contributed by atoms with Gasteiger partial charge < -0.3 is 41.7 Å². The first-order valence-electron chi connectivity index (χ1n) is 12.9. The van der Waals surface area contributed by atoms with E-state index in [-0.39, 0.29) is 6.54 Å². The maximum absolute atomic E-state index is 13.1. The predicted molar refractivity (Wildman–Crippen MR) is 135 cm³/mol. The number of carboxylic acids is 1. The van der Waals surface area contributed by atoms with Crippen molar-refractivity contribution in [2.75, 3.05) is 6.54 Å². The van der Waals surface area contributed by atoms with Crippen molar-refractivity contribution >= 4 is 41.4 Å². The fourth-order valence-corrected chi connectivity index (χ4v) is 4.41. The van der Waals surface area contributed by atoms with Crippen LogP contribution in [0.25, 0.3) is 0 Å². The molecule has 0 saturated carbocycles. The standard InChI is InChI=1S/C24H38N6O9/c1-10(2)17-22(37)27-14(9-16(32)33)20(35)29-18(13(5)31)23(38)26-12(4)24(39)30-8-6-7-15(30)21(36)25-11(3)19(34)28-17/h10-15,17-18,31H,6-9H2,1-5H3,(H,25,36)(H,26,38)(H,27,37)(H,28,34)(H,29,35)(H,32,33)/t11-,12-,13+,14-,15+,17-,18-/m0/s1. The summed E-state index contributed by atoms with van der Waals surface area (Å²) in [7, 11) is 0. The molecule has 15 nitrogen and oxygen atoms in total. The Bertz CT molecular complexity index is 1000. The van der Waals surface area contributed by atoms with Crippen molar-refractivity contribution in [3.63, 3.8) is 0 Å². The summed E-state index contributed by atoms with van der Waals surface area (Å²) < 4.78 is 0. The quantitative estimate of drug-likeness (QED) is 0.187. The molecule has 0 aliphatic carbocycles. The highest BCUT2D eigenvalue weighted by Crippen LogP contribution is 2.19. The van der Waals surface area contributed by atoms with Crippen LogP contribution in [-0.2, 0) is 33.6 Å². The number of fused-ring (bicyclic) bond motifs is 1. The molecule has 2 rings (SSSR count). The van der Waals surface area contributed by atoms with Gasteiger partial charge in [-0.1, -0.05) is 13.8 Å². The van der Waals surface area contributed by atoms with Crippen molar-refractivity contribution < 1.29 is 43.8 Å². The van der Waals surface area contributed by atoms with Gasteiger partial charge in [-0.25, -0.2) is 0 Å². The minimum atomic E-state index is -1.66. The Morgan fingerprint density at radius 1 is 0.821 bits per heavy atom. The molecule has 218 valence electrons. The Balaban J connectivity index is 2.47. The molecule has 15 heteroatoms. The molecule has 2 fully saturated rings. The van der Waals surface area contributed by atoms with Crippen LogP contribution in [0.4, 0.5) is 0 Å². The van der Waals surface area contributed by atoms with Gasteiger partial charge in [0.05, 0.1) is 12.5 Å². The van der Waals surface area contributed by atoms with E-state index in [0.717, 1.165) is 0 Å². The van der Waals surface area contributed by atoms with Crippen molar-refractivity contribution in [2.24, 2.45) is 5.92 Å². The van der Waals surface area contributed by atoms with E-state index in [9.17, 15) is 43.8 Å². The molecule has 6 amide bonds. The zero-order valence-corrected chi connectivity index (χ0v) is 22.6. The lowest BCUT2D eigenvalue weighted by Crippen LogP contribution is -2.62. The highest BCUT2D eigenvalue weighted by Gasteiger charge is 2.39. The van der Waals surface area contributed by atoms with Crippen LogP contribution in [-0.4, -0.2) is 105 Å². The van der Waals surface area contributed by atoms with Crippen LogP contribution in [0, 0.1) is 5.92 Å². The highest BCUT2D eigenvalue weighted by molar-refractivity contribution is 5.99. The number of hydrogen-bond acceptors (Lipinski definition) is 8. The summed E-state index contributed by atoms with van der Waals surface area (Å²) in [6.45, 7) is 7.46. The lowest BCUT2D eigenvalue weighted by Gasteiger charge is -2.31. The summed E-state index contributed by atoms with van der Waals surface area (Å²) in [5, 5.41) is 31.5. The van der Waals surface area contributed by atoms with Gasteiger partial charge in [0.1, 0.15) is 36.3 Å². The third-order valence-corrected chi connectivity index (χ3v) is 6.64. The summed E-state index contributed by atoms with van der Waals surface area (Å²) >= 11 is 0. The summed E-state index contributed by atoms with van der Waals surface area (Å²) in [4.78, 5) is 90.6. The first-order chi connectivity index (χ1) is 18.1. The van der Waals surface area contributed by atoms with E-state index in [1.165, 1.54) is 25.7 Å². The highest BCUT2D eigenvalue weighted by atomic mass is 16.4. The predicted octanol–water partition coefficient (Wildman–Crippen LogP) is -3.03. The normalized spacial score (nSPS) is 30.7. The van der Waals surface area contributed by atoms with Crippen molar-refractivity contribution in [3.05, 3.63) is 0 Å². The van der Waals surface area contributed by atoms with Gasteiger partial charge in [0.25, 0.3) is 0 Å². The molecule has 2 saturated heterocycles. The Labute approximate surface area is 225 Å². The van der Waals surface area contributed by atoms with E-state index in [0.29, 0.717) is 12.8 Å². The fraction of sp³-hybridized carbons (Fsp3) is 0.708. The Morgan fingerprint density at radius 3 is 1.95 bits per heavy atom. The first kappa shape index (κ1) is 31.5. The Hall–Kier alpha value is -3.75. The molecule has 0 spiro atoms. The lowest BCUT2D eigenvalue weighted by molar-refractivity contribution is -0.143. The minimum Gasteiger partial charge on any atom is -0.481 e. The number of aliphatic hydroxyl groups is 1. The molecule has 0 bridgehead atoms. The van der Waals surface area contributed by atoms with Crippen molar-refractivity contribution in [3.8, 4) is 0 Å². The van der Waals surface area contributed by atoms with Crippen LogP contribution in [0.2, 0.25) is 0 Å². The second kappa shape index (κ2) is 13.4. The van der Waals surface area contributed by atoms with E-state index < -0.39 is 96.1 Å². The molecule has 0 radical (unpaired) electrons. The van der Waals surface area contributed by atoms with Gasteiger partial charge in [-0.05, 0) is 39.5 Å². The number of nitrogens with zero attached hydrogens (tertiary/aromatic N) is 1. The van der Waals surface area contributed by atoms with Crippen LogP contribution >= 0.6 is 0 Å². The molecular weight excluding hydrogens is 516 g/mol. The zero-order valence-electron chi connectivity index (χ0n) is 22.6. The molecule has 7 N–H and O–H groups in total. The second-order valence-electron chi connectivity index (χ2n) is 10.3. The van der Waals surface area contributed by atoms with Crippen LogP contribution < -0.4 is 26.6 Å². The number of nitrogens with one attached hydrogen (secondary N) is 5. The van der Waals surface area contributed by atoms with Crippen LogP contribution in [0.15, 0.2) is 0 Å². The van der Waals surface area contributed by atoms with E-state index in [4.69, 9.17) is 0 Å². The SMILES string of the molecule is CC(C)[C@@H]1NC(=O)[C@H](C)NC(=O)[C@H]2CCCN2C(=O)[C@H](C)NC(=O)[C@H]([C@@H](C)O)NC(=O)[C@H](CC(=O)O)NC1=O. The van der Waals surface area contributed by atoms with E-state index in [1.54, 1.807) is 13.8 Å². The second-order valence-corrected chi connectivity index (χ2v) is 10.3. The Kier molecular flexibility index (Phi) is 10.8. The zero-order chi connectivity index (χ0) is 29.6. The maximum Gasteiger partial charge on any atom is 0.305 e. The Morgan fingerprint density at radius 2 is 1.38 bits per heavy atom. The molecular formula is C24H38N6O9. The van der Waals surface area contributed by atoms with Crippen LogP contribution in [0.3, 0.4) is 0 Å². The van der Waals surface area contributed by atoms with Gasteiger partial charge in [0.15, 0.2) is 0 Å². The molecule has 0 unspecified atom stereocenters. The van der Waals surface area contributed by atoms with E-state index >= 15 is 0 Å². The fourth-order valence-electron chi connectivity index (χ4n) is 4.41. The smallest absolute Gasteiger partial charge is 0.305 e. The van der Waals surface area contributed by atoms with Gasteiger partial charge in [-0.2, -0.15) is 0 Å². The number of rotatable bonds is 4. The number of hydrogen-bond donors (Lipinski definition) is 7. The van der Waals surface area contributed by atoms with Gasteiger partial charge >= 0.3 is 5.97 Å². The topological polar surface area (TPSA) is 223 Å². The summed E-state index contributed by atoms with van der Waals surface area (Å²) in [5.41, 5.74) is 0. The van der Waals surface area contributed by atoms with Gasteiger partial charge in [0, 0.05) is 6.54 Å². The number of carbonyl (C=O) groups is 7. The maximum atomic E-state index is 13.1. The molecule has 0 aromatic carbocycles. The number of carbonyl (C=O) groups excluding carboxylic acids is 6. The monoisotopic (exact) mass is 554 g/mol. The average molecular weight is 555 g/mol. The van der Waals surface area contributed by atoms with Crippen molar-refractivity contribution in [2.45, 2.75) is 96.2 Å². The molecule has 2 heterocycles. The molecule has 0 aromatic heterocycles. The number of amides is 6. The summed E-state index contributed by atoms with van der Waals surface area (Å²) in [6.07, 6.45) is -1.47. The summed E-state index contributed by atoms with van der Waals surface area (Å²) in [6, 6.07) is -7.60. The van der Waals surface area contributed by atoms with Crippen LogP contribution in [0.5, 0.6) is 0 Å². The minimum absolute atomic E-state index is 0.237. The van der Waals surface area contributed by atoms with Gasteiger partial charge in [-0.3, -0.25) is 33.6 Å². The third kappa shape index (κ3) is 8.12. The van der Waals surface area contributed by atoms with E-state index in [1.807, 2.05) is 0 Å². The third-order valence-electron chi connectivity index (χ3n) is 6.64. The number of aliphatic carboxylic acids is 1. The van der Waals surface area contributed by atoms with Crippen LogP contribution in [0.1, 0.15) is 53.9 Å². The molecule has 2 aliphatic rings. The number of carboxylic acid groups (broad SMARTS) is 1. The van der Waals surface area contributed by atoms with Crippen molar-refractivity contribution in [1.29, 1.82) is 0 Å². The summed E-state index contributed by atoms with van der Waals surface area (Å²) in [5.74, 6) is -6.66. The molecule has 0 aromatic rings. The van der Waals surface area contributed by atoms with Crippen molar-refractivity contribution in [1.82, 2.24) is 31.5 Å².